The smallest absolute Gasteiger partial charge is 0.145 e. The van der Waals surface area contributed by atoms with E-state index in [1.807, 2.05) is 6.07 Å². The number of nitriles is 1. The molecule has 19 heavy (non-hydrogen) atoms. The van der Waals surface area contributed by atoms with Crippen molar-refractivity contribution in [2.75, 3.05) is 0 Å². The zero-order valence-electron chi connectivity index (χ0n) is 11.5. The standard InChI is InChI=1S/C16H21FN2/c1-12-4-2-7-15(9-8-12)19-11-14-6-3-5-13(10-18)16(14)17/h3,5-6,12,15,19H,2,4,7-9,11H2,1H3. The van der Waals surface area contributed by atoms with Crippen LogP contribution in [-0.2, 0) is 6.54 Å². The van der Waals surface area contributed by atoms with Crippen LogP contribution in [0.3, 0.4) is 0 Å². The first-order chi connectivity index (χ1) is 9.20. The second-order valence-electron chi connectivity index (χ2n) is 5.58. The lowest BCUT2D eigenvalue weighted by molar-refractivity contribution is 0.442. The second kappa shape index (κ2) is 6.68. The molecule has 0 radical (unpaired) electrons. The molecule has 2 rings (SSSR count). The van der Waals surface area contributed by atoms with Gasteiger partial charge in [-0.1, -0.05) is 31.9 Å². The van der Waals surface area contributed by atoms with Crippen LogP contribution in [0.1, 0.15) is 50.2 Å². The third-order valence-electron chi connectivity index (χ3n) is 4.04. The van der Waals surface area contributed by atoms with E-state index in [4.69, 9.17) is 5.26 Å². The van der Waals surface area contributed by atoms with Crippen molar-refractivity contribution in [3.63, 3.8) is 0 Å². The first-order valence-electron chi connectivity index (χ1n) is 7.11. The van der Waals surface area contributed by atoms with Crippen LogP contribution in [0.2, 0.25) is 0 Å². The van der Waals surface area contributed by atoms with Gasteiger partial charge in [0.2, 0.25) is 0 Å². The third kappa shape index (κ3) is 3.78. The van der Waals surface area contributed by atoms with Gasteiger partial charge < -0.3 is 5.32 Å². The molecule has 1 aliphatic rings. The molecule has 0 spiro atoms. The molecule has 1 aliphatic carbocycles. The molecule has 102 valence electrons. The highest BCUT2D eigenvalue weighted by atomic mass is 19.1. The highest BCUT2D eigenvalue weighted by Gasteiger charge is 2.16. The fourth-order valence-corrected chi connectivity index (χ4v) is 2.75. The normalized spacial score (nSPS) is 23.6. The molecule has 0 heterocycles. The van der Waals surface area contributed by atoms with E-state index < -0.39 is 0 Å². The quantitative estimate of drug-likeness (QED) is 0.840. The summed E-state index contributed by atoms with van der Waals surface area (Å²) in [6.45, 7) is 2.82. The molecule has 0 amide bonds. The van der Waals surface area contributed by atoms with Gasteiger partial charge in [-0.15, -0.1) is 0 Å². The van der Waals surface area contributed by atoms with Crippen molar-refractivity contribution < 1.29 is 4.39 Å². The van der Waals surface area contributed by atoms with Crippen molar-refractivity contribution in [1.82, 2.24) is 5.32 Å². The lowest BCUT2D eigenvalue weighted by Gasteiger charge is -2.16. The Balaban J connectivity index is 1.94. The minimum atomic E-state index is -0.375. The van der Waals surface area contributed by atoms with E-state index in [1.54, 1.807) is 12.1 Å². The van der Waals surface area contributed by atoms with Crippen molar-refractivity contribution in [2.45, 2.75) is 51.6 Å². The van der Waals surface area contributed by atoms with Gasteiger partial charge in [-0.25, -0.2) is 4.39 Å². The van der Waals surface area contributed by atoms with Gasteiger partial charge >= 0.3 is 0 Å². The number of halogens is 1. The van der Waals surface area contributed by atoms with Crippen molar-refractivity contribution in [3.8, 4) is 6.07 Å². The minimum Gasteiger partial charge on any atom is -0.310 e. The number of benzene rings is 1. The van der Waals surface area contributed by atoms with Gasteiger partial charge in [0.15, 0.2) is 0 Å². The molecule has 0 saturated heterocycles. The van der Waals surface area contributed by atoms with E-state index in [0.29, 0.717) is 18.2 Å². The maximum Gasteiger partial charge on any atom is 0.145 e. The molecular weight excluding hydrogens is 239 g/mol. The number of hydrogen-bond acceptors (Lipinski definition) is 2. The highest BCUT2D eigenvalue weighted by molar-refractivity contribution is 5.34. The molecule has 0 bridgehead atoms. The first-order valence-corrected chi connectivity index (χ1v) is 7.11. The largest absolute Gasteiger partial charge is 0.310 e. The molecule has 1 aromatic rings. The van der Waals surface area contributed by atoms with Gasteiger partial charge in [0.25, 0.3) is 0 Å². The molecule has 1 aromatic carbocycles. The molecule has 3 heteroatoms. The molecule has 1 fully saturated rings. The lowest BCUT2D eigenvalue weighted by atomic mass is 10.0. The number of rotatable bonds is 3. The van der Waals surface area contributed by atoms with Gasteiger partial charge in [-0.3, -0.25) is 0 Å². The van der Waals surface area contributed by atoms with E-state index in [0.717, 1.165) is 5.92 Å². The van der Waals surface area contributed by atoms with Crippen LogP contribution in [0, 0.1) is 23.1 Å². The highest BCUT2D eigenvalue weighted by Crippen LogP contribution is 2.23. The van der Waals surface area contributed by atoms with Crippen molar-refractivity contribution in [2.24, 2.45) is 5.92 Å². The molecule has 2 atom stereocenters. The number of nitrogens with one attached hydrogen (secondary N) is 1. The van der Waals surface area contributed by atoms with Crippen molar-refractivity contribution in [1.29, 1.82) is 5.26 Å². The Morgan fingerprint density at radius 3 is 2.95 bits per heavy atom. The summed E-state index contributed by atoms with van der Waals surface area (Å²) >= 11 is 0. The van der Waals surface area contributed by atoms with Crippen LogP contribution < -0.4 is 5.32 Å². The topological polar surface area (TPSA) is 35.8 Å². The number of nitrogens with zero attached hydrogens (tertiary/aromatic N) is 1. The van der Waals surface area contributed by atoms with Crippen molar-refractivity contribution in [3.05, 3.63) is 35.1 Å². The van der Waals surface area contributed by atoms with Gasteiger partial charge in [0.05, 0.1) is 5.56 Å². The monoisotopic (exact) mass is 260 g/mol. The van der Waals surface area contributed by atoms with Crippen LogP contribution in [0.15, 0.2) is 18.2 Å². The van der Waals surface area contributed by atoms with E-state index in [2.05, 4.69) is 12.2 Å². The third-order valence-corrected chi connectivity index (χ3v) is 4.04. The van der Waals surface area contributed by atoms with E-state index in [-0.39, 0.29) is 11.4 Å². The fraction of sp³-hybridized carbons (Fsp3) is 0.562. The summed E-state index contributed by atoms with van der Waals surface area (Å²) in [5.74, 6) is 0.435. The van der Waals surface area contributed by atoms with Crippen LogP contribution in [-0.4, -0.2) is 6.04 Å². The second-order valence-corrected chi connectivity index (χ2v) is 5.58. The predicted molar refractivity (Wildman–Crippen MR) is 74.0 cm³/mol. The SMILES string of the molecule is CC1CCCC(NCc2cccc(C#N)c2F)CC1. The molecule has 1 N–H and O–H groups in total. The summed E-state index contributed by atoms with van der Waals surface area (Å²) in [4.78, 5) is 0. The van der Waals surface area contributed by atoms with Gasteiger partial charge in [0.1, 0.15) is 11.9 Å². The summed E-state index contributed by atoms with van der Waals surface area (Å²) < 4.78 is 13.9. The summed E-state index contributed by atoms with van der Waals surface area (Å²) in [6, 6.07) is 7.38. The maximum absolute atomic E-state index is 13.9. The van der Waals surface area contributed by atoms with E-state index in [1.165, 1.54) is 38.2 Å². The summed E-state index contributed by atoms with van der Waals surface area (Å²) in [7, 11) is 0. The summed E-state index contributed by atoms with van der Waals surface area (Å²) in [5.41, 5.74) is 0.727. The molecule has 0 aromatic heterocycles. The number of hydrogen-bond donors (Lipinski definition) is 1. The molecule has 2 unspecified atom stereocenters. The van der Waals surface area contributed by atoms with Crippen LogP contribution in [0.4, 0.5) is 4.39 Å². The Hall–Kier alpha value is -1.40. The Morgan fingerprint density at radius 2 is 2.16 bits per heavy atom. The van der Waals surface area contributed by atoms with Gasteiger partial charge in [-0.2, -0.15) is 5.26 Å². The predicted octanol–water partition coefficient (Wildman–Crippen LogP) is 3.76. The first kappa shape index (κ1) is 14.0. The maximum atomic E-state index is 13.9. The minimum absolute atomic E-state index is 0.133. The van der Waals surface area contributed by atoms with Crippen LogP contribution in [0.25, 0.3) is 0 Å². The lowest BCUT2D eigenvalue weighted by Crippen LogP contribution is -2.28. The molecule has 1 saturated carbocycles. The van der Waals surface area contributed by atoms with E-state index >= 15 is 0 Å². The molecule has 2 nitrogen and oxygen atoms in total. The Kier molecular flexibility index (Phi) is 4.93. The summed E-state index contributed by atoms with van der Waals surface area (Å²) in [6.07, 6.45) is 6.14. The Bertz CT molecular complexity index is 464. The van der Waals surface area contributed by atoms with Crippen molar-refractivity contribution >= 4 is 0 Å². The van der Waals surface area contributed by atoms with Crippen LogP contribution in [0.5, 0.6) is 0 Å². The Morgan fingerprint density at radius 1 is 1.32 bits per heavy atom. The Labute approximate surface area is 114 Å². The van der Waals surface area contributed by atoms with Crippen LogP contribution >= 0.6 is 0 Å². The zero-order valence-corrected chi connectivity index (χ0v) is 11.5. The van der Waals surface area contributed by atoms with Gasteiger partial charge in [0, 0.05) is 18.2 Å². The average Bonchev–Trinajstić information content (AvgIpc) is 2.62. The fourth-order valence-electron chi connectivity index (χ4n) is 2.75. The van der Waals surface area contributed by atoms with E-state index in [9.17, 15) is 4.39 Å². The summed E-state index contributed by atoms with van der Waals surface area (Å²) in [5, 5.41) is 12.3. The molecular formula is C16H21FN2. The zero-order chi connectivity index (χ0) is 13.7. The molecule has 0 aliphatic heterocycles. The average molecular weight is 260 g/mol. The van der Waals surface area contributed by atoms with Gasteiger partial charge in [-0.05, 0) is 31.2 Å².